The third kappa shape index (κ3) is 63.5. The molecule has 0 aromatic carbocycles. The van der Waals surface area contributed by atoms with E-state index in [4.69, 9.17) is 18.9 Å². The number of allylic oxidation sites excluding steroid dienone is 2. The number of hydrogen-bond acceptors (Lipinski definition) is 7. The van der Waals surface area contributed by atoms with Crippen LogP contribution in [0, 0.1) is 0 Å². The molecule has 2 unspecified atom stereocenters. The minimum atomic E-state index is -1.51. The van der Waals surface area contributed by atoms with Crippen LogP contribution in [0.4, 0.5) is 0 Å². The van der Waals surface area contributed by atoms with Crippen molar-refractivity contribution >= 4 is 17.9 Å². The van der Waals surface area contributed by atoms with Crippen LogP contribution in [0.25, 0.3) is 0 Å². The van der Waals surface area contributed by atoms with Crippen LogP contribution in [-0.2, 0) is 33.3 Å². The van der Waals surface area contributed by atoms with Gasteiger partial charge in [0.2, 0.25) is 0 Å². The number of aliphatic carboxylic acids is 1. The number of likely N-dealkylation sites (N-methyl/N-ethyl adjacent to an activating group) is 1. The molecule has 0 rings (SSSR count). The monoisotopic (exact) mass is 1120 g/mol. The average molecular weight is 1120 g/mol. The van der Waals surface area contributed by atoms with Gasteiger partial charge in [-0.25, -0.2) is 4.79 Å². The van der Waals surface area contributed by atoms with Crippen molar-refractivity contribution in [1.29, 1.82) is 0 Å². The molecule has 0 spiro atoms. The van der Waals surface area contributed by atoms with Gasteiger partial charge in [-0.1, -0.05) is 321 Å². The van der Waals surface area contributed by atoms with Crippen molar-refractivity contribution in [2.45, 2.75) is 373 Å². The number of carboxylic acids is 1. The number of nitrogens with zero attached hydrogens (tertiary/aromatic N) is 1. The van der Waals surface area contributed by atoms with Crippen molar-refractivity contribution in [1.82, 2.24) is 0 Å². The molecule has 0 radical (unpaired) electrons. The zero-order valence-corrected chi connectivity index (χ0v) is 53.6. The lowest BCUT2D eigenvalue weighted by Crippen LogP contribution is -2.40. The molecular weight excluding hydrogens is 983 g/mol. The molecule has 0 aliphatic carbocycles. The molecule has 79 heavy (non-hydrogen) atoms. The Morgan fingerprint density at radius 2 is 0.646 bits per heavy atom. The molecule has 1 N–H and O–H groups in total. The lowest BCUT2D eigenvalue weighted by atomic mass is 10.0. The van der Waals surface area contributed by atoms with Crippen LogP contribution < -0.4 is 0 Å². The Morgan fingerprint density at radius 3 is 0.937 bits per heavy atom. The Morgan fingerprint density at radius 1 is 0.367 bits per heavy atom. The third-order valence-electron chi connectivity index (χ3n) is 16.0. The molecule has 0 aliphatic heterocycles. The SMILES string of the molecule is CCCCCCCCCC/C=C\CCCCCCCCCCCCCCCCCCCCCC(=O)OC(COC(=O)CCCCCCCCCCCCCCCCCCCCCCCCC)COC(OCC[N+](C)(C)C)C(=O)O. The number of esters is 2. The lowest BCUT2D eigenvalue weighted by molar-refractivity contribution is -0.870. The summed E-state index contributed by atoms with van der Waals surface area (Å²) in [7, 11) is 5.99. The van der Waals surface area contributed by atoms with E-state index in [1.54, 1.807) is 0 Å². The van der Waals surface area contributed by atoms with E-state index >= 15 is 0 Å². The number of ether oxygens (including phenoxy) is 4. The molecule has 0 heterocycles. The summed E-state index contributed by atoms with van der Waals surface area (Å²) < 4.78 is 23.0. The summed E-state index contributed by atoms with van der Waals surface area (Å²) in [6, 6.07) is 0. The molecule has 0 bridgehead atoms. The molecule has 0 amide bonds. The number of carbonyl (C=O) groups excluding carboxylic acids is 2. The van der Waals surface area contributed by atoms with Crippen molar-refractivity contribution in [2.75, 3.05) is 47.5 Å². The summed E-state index contributed by atoms with van der Waals surface area (Å²) >= 11 is 0. The fourth-order valence-corrected chi connectivity index (χ4v) is 10.7. The summed E-state index contributed by atoms with van der Waals surface area (Å²) in [6.45, 7) is 4.96. The Labute approximate surface area is 491 Å². The van der Waals surface area contributed by atoms with E-state index in [0.717, 1.165) is 38.5 Å². The Bertz CT molecular complexity index is 1300. The molecule has 0 saturated carbocycles. The van der Waals surface area contributed by atoms with Gasteiger partial charge in [-0.2, -0.15) is 0 Å². The Balaban J connectivity index is 4.05. The van der Waals surface area contributed by atoms with Gasteiger partial charge in [0.15, 0.2) is 6.10 Å². The van der Waals surface area contributed by atoms with Gasteiger partial charge in [0.25, 0.3) is 6.29 Å². The maximum atomic E-state index is 12.9. The Kier molecular flexibility index (Phi) is 60.5. The molecule has 9 nitrogen and oxygen atoms in total. The van der Waals surface area contributed by atoms with Crippen molar-refractivity contribution in [3.8, 4) is 0 Å². The van der Waals surface area contributed by atoms with E-state index in [-0.39, 0.29) is 38.2 Å². The number of unbranched alkanes of at least 4 members (excludes halogenated alkanes) is 49. The largest absolute Gasteiger partial charge is 0.477 e. The quantitative estimate of drug-likeness (QED) is 0.0211. The van der Waals surface area contributed by atoms with Crippen molar-refractivity contribution in [3.05, 3.63) is 12.2 Å². The van der Waals surface area contributed by atoms with Gasteiger partial charge in [0, 0.05) is 12.8 Å². The summed E-state index contributed by atoms with van der Waals surface area (Å²) in [5.41, 5.74) is 0. The van der Waals surface area contributed by atoms with Crippen LogP contribution in [-0.4, -0.2) is 87.4 Å². The first-order chi connectivity index (χ1) is 38.6. The van der Waals surface area contributed by atoms with Gasteiger partial charge in [-0.05, 0) is 38.5 Å². The van der Waals surface area contributed by atoms with Gasteiger partial charge >= 0.3 is 17.9 Å². The van der Waals surface area contributed by atoms with Gasteiger partial charge in [-0.3, -0.25) is 9.59 Å². The summed E-state index contributed by atoms with van der Waals surface area (Å²) in [5.74, 6) is -1.97. The van der Waals surface area contributed by atoms with Crippen molar-refractivity contribution in [2.24, 2.45) is 0 Å². The van der Waals surface area contributed by atoms with Crippen molar-refractivity contribution < 1.29 is 42.9 Å². The molecular formula is C70H136NO8+. The molecule has 468 valence electrons. The van der Waals surface area contributed by atoms with E-state index in [9.17, 15) is 19.5 Å². The summed E-state index contributed by atoms with van der Waals surface area (Å²) in [5, 5.41) is 9.74. The van der Waals surface area contributed by atoms with E-state index in [1.165, 1.54) is 295 Å². The normalized spacial score (nSPS) is 12.7. The van der Waals surface area contributed by atoms with Crippen LogP contribution >= 0.6 is 0 Å². The standard InChI is InChI=1S/C70H135NO8/c1-6-8-10-12-14-16-18-20-22-24-26-28-30-31-32-33-34-35-36-37-39-41-43-45-47-49-51-53-55-57-59-61-68(73)79-66(65-78-70(69(74)75)76-63-62-71(3,4)5)64-77-67(72)60-58-56-54-52-50-48-46-44-42-40-38-29-27-25-23-21-19-17-15-13-11-9-7-2/h24,26,66,70H,6-23,25,27-65H2,1-5H3/p+1/b26-24-. The highest BCUT2D eigenvalue weighted by molar-refractivity contribution is 5.71. The van der Waals surface area contributed by atoms with E-state index in [2.05, 4.69) is 26.0 Å². The highest BCUT2D eigenvalue weighted by atomic mass is 16.7. The molecule has 0 aliphatic rings. The second-order valence-corrected chi connectivity index (χ2v) is 25.2. The number of quaternary nitrogens is 1. The van der Waals surface area contributed by atoms with Gasteiger partial charge < -0.3 is 28.5 Å². The minimum absolute atomic E-state index is 0.173. The predicted octanol–water partition coefficient (Wildman–Crippen LogP) is 21.3. The molecule has 0 aromatic heterocycles. The van der Waals surface area contributed by atoms with E-state index < -0.39 is 18.4 Å². The second kappa shape index (κ2) is 62.1. The van der Waals surface area contributed by atoms with Crippen LogP contribution in [0.15, 0.2) is 12.2 Å². The molecule has 9 heteroatoms. The van der Waals surface area contributed by atoms with Gasteiger partial charge in [0.1, 0.15) is 13.2 Å². The number of rotatable bonds is 66. The van der Waals surface area contributed by atoms with E-state index in [1.807, 2.05) is 21.1 Å². The fraction of sp³-hybridized carbons (Fsp3) is 0.929. The Hall–Kier alpha value is -1.97. The summed E-state index contributed by atoms with van der Waals surface area (Å²) in [4.78, 5) is 37.6. The average Bonchev–Trinajstić information content (AvgIpc) is 3.42. The summed E-state index contributed by atoms with van der Waals surface area (Å²) in [6.07, 6.45) is 71.9. The first-order valence-corrected chi connectivity index (χ1v) is 34.9. The highest BCUT2D eigenvalue weighted by Crippen LogP contribution is 2.19. The van der Waals surface area contributed by atoms with Crippen molar-refractivity contribution in [3.63, 3.8) is 0 Å². The highest BCUT2D eigenvalue weighted by Gasteiger charge is 2.25. The zero-order valence-electron chi connectivity index (χ0n) is 53.6. The number of hydrogen-bond donors (Lipinski definition) is 1. The van der Waals surface area contributed by atoms with Gasteiger partial charge in [0.05, 0.1) is 34.4 Å². The maximum Gasteiger partial charge on any atom is 0.361 e. The second-order valence-electron chi connectivity index (χ2n) is 25.2. The smallest absolute Gasteiger partial charge is 0.361 e. The number of carbonyl (C=O) groups is 3. The minimum Gasteiger partial charge on any atom is -0.477 e. The van der Waals surface area contributed by atoms with Crippen LogP contribution in [0.5, 0.6) is 0 Å². The lowest BCUT2D eigenvalue weighted by Gasteiger charge is -2.25. The zero-order chi connectivity index (χ0) is 57.6. The fourth-order valence-electron chi connectivity index (χ4n) is 10.7. The van der Waals surface area contributed by atoms with E-state index in [0.29, 0.717) is 17.4 Å². The molecule has 2 atom stereocenters. The molecule has 0 fully saturated rings. The molecule has 0 saturated heterocycles. The predicted molar refractivity (Wildman–Crippen MR) is 337 cm³/mol. The topological polar surface area (TPSA) is 108 Å². The van der Waals surface area contributed by atoms with Gasteiger partial charge in [-0.15, -0.1) is 0 Å². The number of carboxylic acid groups (broad SMARTS) is 1. The first-order valence-electron chi connectivity index (χ1n) is 34.9. The first kappa shape index (κ1) is 77.0. The van der Waals surface area contributed by atoms with Crippen LogP contribution in [0.1, 0.15) is 361 Å². The third-order valence-corrected chi connectivity index (χ3v) is 16.0. The van der Waals surface area contributed by atoms with Crippen LogP contribution in [0.2, 0.25) is 0 Å². The molecule has 0 aromatic rings. The maximum absolute atomic E-state index is 12.9. The van der Waals surface area contributed by atoms with Crippen LogP contribution in [0.3, 0.4) is 0 Å².